The van der Waals surface area contributed by atoms with E-state index in [4.69, 9.17) is 0 Å². The highest BCUT2D eigenvalue weighted by atomic mass is 14.3. The molecule has 0 spiro atoms. The van der Waals surface area contributed by atoms with Crippen molar-refractivity contribution in [1.29, 1.82) is 0 Å². The van der Waals surface area contributed by atoms with Crippen LogP contribution in [-0.2, 0) is 0 Å². The SMILES string of the molecule is C1CCC2CCCCC2C1.CC(C)C. The Hall–Kier alpha value is 0. The van der Waals surface area contributed by atoms with Crippen LogP contribution in [0.4, 0.5) is 0 Å². The minimum absolute atomic E-state index is 0.833. The Morgan fingerprint density at radius 3 is 1.07 bits per heavy atom. The highest BCUT2D eigenvalue weighted by Gasteiger charge is 2.26. The van der Waals surface area contributed by atoms with Gasteiger partial charge in [0.25, 0.3) is 0 Å². The van der Waals surface area contributed by atoms with E-state index in [-0.39, 0.29) is 0 Å². The predicted molar refractivity (Wildman–Crippen MR) is 64.4 cm³/mol. The molecule has 0 atom stereocenters. The molecule has 0 aromatic heterocycles. The van der Waals surface area contributed by atoms with Crippen molar-refractivity contribution in [1.82, 2.24) is 0 Å². The second kappa shape index (κ2) is 6.48. The molecule has 0 nitrogen and oxygen atoms in total. The van der Waals surface area contributed by atoms with Crippen LogP contribution >= 0.6 is 0 Å². The van der Waals surface area contributed by atoms with Crippen molar-refractivity contribution >= 4 is 0 Å². The van der Waals surface area contributed by atoms with Crippen molar-refractivity contribution in [3.05, 3.63) is 0 Å². The van der Waals surface area contributed by atoms with E-state index in [1.807, 2.05) is 0 Å². The normalized spacial score (nSPS) is 31.7. The van der Waals surface area contributed by atoms with Gasteiger partial charge in [-0.05, 0) is 17.8 Å². The van der Waals surface area contributed by atoms with Gasteiger partial charge in [-0.3, -0.25) is 0 Å². The fourth-order valence-corrected chi connectivity index (χ4v) is 2.86. The average molecular weight is 196 g/mol. The predicted octanol–water partition coefficient (Wildman–Crippen LogP) is 5.03. The molecule has 14 heavy (non-hydrogen) atoms. The first-order valence-corrected chi connectivity index (χ1v) is 6.70. The molecule has 2 aliphatic carbocycles. The van der Waals surface area contributed by atoms with Gasteiger partial charge in [0.1, 0.15) is 0 Å². The lowest BCUT2D eigenvalue weighted by atomic mass is 9.71. The minimum Gasteiger partial charge on any atom is -0.0630 e. The van der Waals surface area contributed by atoms with Crippen LogP contribution in [0.1, 0.15) is 72.1 Å². The zero-order valence-electron chi connectivity index (χ0n) is 10.4. The lowest BCUT2D eigenvalue weighted by Gasteiger charge is -2.35. The van der Waals surface area contributed by atoms with E-state index in [1.54, 1.807) is 25.7 Å². The summed E-state index contributed by atoms with van der Waals surface area (Å²) in [5, 5.41) is 0. The zero-order chi connectivity index (χ0) is 10.4. The lowest BCUT2D eigenvalue weighted by Crippen LogP contribution is -2.22. The Balaban J connectivity index is 0.000000213. The molecule has 0 saturated heterocycles. The van der Waals surface area contributed by atoms with Crippen LogP contribution in [0.2, 0.25) is 0 Å². The molecule has 84 valence electrons. The van der Waals surface area contributed by atoms with E-state index in [0.29, 0.717) is 0 Å². The van der Waals surface area contributed by atoms with Crippen molar-refractivity contribution in [2.75, 3.05) is 0 Å². The first-order valence-electron chi connectivity index (χ1n) is 6.70. The Bertz CT molecular complexity index is 108. The van der Waals surface area contributed by atoms with Crippen molar-refractivity contribution in [3.63, 3.8) is 0 Å². The second-order valence-corrected chi connectivity index (χ2v) is 5.82. The summed E-state index contributed by atoms with van der Waals surface area (Å²) in [6, 6.07) is 0. The van der Waals surface area contributed by atoms with Gasteiger partial charge in [0.05, 0.1) is 0 Å². The van der Waals surface area contributed by atoms with Crippen LogP contribution in [0.5, 0.6) is 0 Å². The summed E-state index contributed by atoms with van der Waals surface area (Å²) in [6.45, 7) is 6.50. The van der Waals surface area contributed by atoms with Gasteiger partial charge in [-0.1, -0.05) is 72.1 Å². The Morgan fingerprint density at radius 2 is 0.857 bits per heavy atom. The molecule has 0 amide bonds. The Kier molecular flexibility index (Phi) is 5.59. The van der Waals surface area contributed by atoms with Crippen LogP contribution in [0.25, 0.3) is 0 Å². The highest BCUT2D eigenvalue weighted by Crippen LogP contribution is 2.39. The molecule has 2 saturated carbocycles. The average Bonchev–Trinajstić information content (AvgIpc) is 2.17. The summed E-state index contributed by atoms with van der Waals surface area (Å²) in [7, 11) is 0. The maximum atomic E-state index is 2.17. The summed E-state index contributed by atoms with van der Waals surface area (Å²) >= 11 is 0. The quantitative estimate of drug-likeness (QED) is 0.510. The number of hydrogen-bond acceptors (Lipinski definition) is 0. The molecule has 0 unspecified atom stereocenters. The third kappa shape index (κ3) is 4.48. The van der Waals surface area contributed by atoms with E-state index in [2.05, 4.69) is 20.8 Å². The number of rotatable bonds is 0. The van der Waals surface area contributed by atoms with Crippen LogP contribution < -0.4 is 0 Å². The van der Waals surface area contributed by atoms with E-state index in [0.717, 1.165) is 17.8 Å². The highest BCUT2D eigenvalue weighted by molar-refractivity contribution is 4.78. The third-order valence-electron chi connectivity index (χ3n) is 3.47. The Morgan fingerprint density at radius 1 is 0.643 bits per heavy atom. The van der Waals surface area contributed by atoms with Crippen molar-refractivity contribution in [2.45, 2.75) is 72.1 Å². The molecule has 2 aliphatic rings. The molecule has 0 bridgehead atoms. The van der Waals surface area contributed by atoms with Gasteiger partial charge in [-0.2, -0.15) is 0 Å². The molecular formula is C14H28. The van der Waals surface area contributed by atoms with Crippen molar-refractivity contribution < 1.29 is 0 Å². The molecule has 0 aromatic rings. The molecular weight excluding hydrogens is 168 g/mol. The van der Waals surface area contributed by atoms with Gasteiger partial charge >= 0.3 is 0 Å². The van der Waals surface area contributed by atoms with Crippen LogP contribution in [0.3, 0.4) is 0 Å². The summed E-state index contributed by atoms with van der Waals surface area (Å²) in [5.41, 5.74) is 0. The zero-order valence-corrected chi connectivity index (χ0v) is 10.4. The summed E-state index contributed by atoms with van der Waals surface area (Å²) < 4.78 is 0. The molecule has 0 radical (unpaired) electrons. The molecule has 0 heterocycles. The van der Waals surface area contributed by atoms with Crippen LogP contribution in [-0.4, -0.2) is 0 Å². The standard InChI is InChI=1S/C10H18.C4H10/c1-2-6-10-8-4-3-7-9(10)5-1;1-4(2)3/h9-10H,1-8H2;4H,1-3H3. The van der Waals surface area contributed by atoms with Gasteiger partial charge in [0.2, 0.25) is 0 Å². The molecule has 0 N–H and O–H groups in total. The van der Waals surface area contributed by atoms with Crippen LogP contribution in [0, 0.1) is 17.8 Å². The maximum absolute atomic E-state index is 2.17. The monoisotopic (exact) mass is 196 g/mol. The number of hydrogen-bond donors (Lipinski definition) is 0. The van der Waals surface area contributed by atoms with Gasteiger partial charge in [-0.25, -0.2) is 0 Å². The summed E-state index contributed by atoms with van der Waals surface area (Å²) in [5.74, 6) is 3.14. The Labute approximate surface area is 90.5 Å². The first kappa shape index (κ1) is 12.1. The second-order valence-electron chi connectivity index (χ2n) is 5.82. The molecule has 2 fully saturated rings. The lowest BCUT2D eigenvalue weighted by molar-refractivity contribution is 0.171. The van der Waals surface area contributed by atoms with Crippen molar-refractivity contribution in [2.24, 2.45) is 17.8 Å². The smallest absolute Gasteiger partial charge is 0.0386 e. The van der Waals surface area contributed by atoms with Crippen LogP contribution in [0.15, 0.2) is 0 Å². The maximum Gasteiger partial charge on any atom is -0.0386 e. The minimum atomic E-state index is 0.833. The molecule has 0 aliphatic heterocycles. The number of fused-ring (bicyclic) bond motifs is 1. The van der Waals surface area contributed by atoms with Gasteiger partial charge in [0, 0.05) is 0 Å². The van der Waals surface area contributed by atoms with E-state index >= 15 is 0 Å². The third-order valence-corrected chi connectivity index (χ3v) is 3.47. The topological polar surface area (TPSA) is 0 Å². The van der Waals surface area contributed by atoms with Gasteiger partial charge in [0.15, 0.2) is 0 Å². The van der Waals surface area contributed by atoms with Gasteiger partial charge < -0.3 is 0 Å². The fourth-order valence-electron chi connectivity index (χ4n) is 2.86. The fraction of sp³-hybridized carbons (Fsp3) is 1.00. The first-order chi connectivity index (χ1) is 6.70. The summed E-state index contributed by atoms with van der Waals surface area (Å²) in [6.07, 6.45) is 12.4. The molecule has 0 aromatic carbocycles. The largest absolute Gasteiger partial charge is 0.0630 e. The molecule has 0 heteroatoms. The van der Waals surface area contributed by atoms with E-state index < -0.39 is 0 Å². The van der Waals surface area contributed by atoms with Gasteiger partial charge in [-0.15, -0.1) is 0 Å². The van der Waals surface area contributed by atoms with E-state index in [1.165, 1.54) is 25.7 Å². The van der Waals surface area contributed by atoms with E-state index in [9.17, 15) is 0 Å². The summed E-state index contributed by atoms with van der Waals surface area (Å²) in [4.78, 5) is 0. The molecule has 2 rings (SSSR count). The van der Waals surface area contributed by atoms with Crippen molar-refractivity contribution in [3.8, 4) is 0 Å².